The summed E-state index contributed by atoms with van der Waals surface area (Å²) in [4.78, 5) is 12.6. The van der Waals surface area contributed by atoms with Crippen molar-refractivity contribution in [1.29, 1.82) is 0 Å². The minimum atomic E-state index is -0.135. The van der Waals surface area contributed by atoms with Gasteiger partial charge in [0, 0.05) is 23.7 Å². The molecule has 0 amide bonds. The summed E-state index contributed by atoms with van der Waals surface area (Å²) >= 11 is 18.4. The number of halogens is 3. The highest BCUT2D eigenvalue weighted by Crippen LogP contribution is 2.35. The van der Waals surface area contributed by atoms with Crippen molar-refractivity contribution in [3.05, 3.63) is 68.6 Å². The molecule has 3 aromatic rings. The molecule has 0 radical (unpaired) electrons. The summed E-state index contributed by atoms with van der Waals surface area (Å²) in [5, 5.41) is 2.08. The molecule has 0 saturated carbocycles. The smallest absolute Gasteiger partial charge is 0.258 e. The van der Waals surface area contributed by atoms with Crippen LogP contribution in [0.25, 0.3) is 21.9 Å². The molecule has 0 fully saturated rings. The third kappa shape index (κ3) is 2.41. The van der Waals surface area contributed by atoms with Gasteiger partial charge < -0.3 is 4.57 Å². The van der Waals surface area contributed by atoms with Gasteiger partial charge in [-0.3, -0.25) is 4.79 Å². The Hall–Kier alpha value is -1.48. The molecule has 0 saturated heterocycles. The van der Waals surface area contributed by atoms with Crippen LogP contribution in [0, 0.1) is 0 Å². The van der Waals surface area contributed by atoms with Crippen LogP contribution in [-0.2, 0) is 12.9 Å². The van der Waals surface area contributed by atoms with E-state index in [4.69, 9.17) is 34.8 Å². The monoisotopic (exact) mass is 351 g/mol. The van der Waals surface area contributed by atoms with Gasteiger partial charge in [-0.05, 0) is 23.1 Å². The molecule has 112 valence electrons. The van der Waals surface area contributed by atoms with Crippen LogP contribution < -0.4 is 5.56 Å². The van der Waals surface area contributed by atoms with E-state index >= 15 is 0 Å². The van der Waals surface area contributed by atoms with E-state index < -0.39 is 0 Å². The minimum absolute atomic E-state index is 0.135. The number of hydrogen-bond donors (Lipinski definition) is 0. The first-order valence-corrected chi connectivity index (χ1v) is 7.95. The zero-order valence-electron chi connectivity index (χ0n) is 11.7. The molecule has 2 aromatic carbocycles. The van der Waals surface area contributed by atoms with Crippen LogP contribution in [0.2, 0.25) is 10.0 Å². The topological polar surface area (TPSA) is 22.0 Å². The van der Waals surface area contributed by atoms with Crippen molar-refractivity contribution in [2.45, 2.75) is 5.88 Å². The van der Waals surface area contributed by atoms with E-state index in [2.05, 4.69) is 0 Å². The molecule has 22 heavy (non-hydrogen) atoms. The van der Waals surface area contributed by atoms with Crippen LogP contribution in [0.15, 0.2) is 47.3 Å². The molecule has 5 heteroatoms. The van der Waals surface area contributed by atoms with E-state index in [1.54, 1.807) is 23.7 Å². The Labute approximate surface area is 142 Å². The maximum absolute atomic E-state index is 12.6. The normalized spacial score (nSPS) is 11.1. The number of hydrogen-bond acceptors (Lipinski definition) is 1. The van der Waals surface area contributed by atoms with Gasteiger partial charge in [0.2, 0.25) is 0 Å². The molecule has 1 heterocycles. The van der Waals surface area contributed by atoms with E-state index in [-0.39, 0.29) is 11.4 Å². The van der Waals surface area contributed by atoms with Gasteiger partial charge >= 0.3 is 0 Å². The summed E-state index contributed by atoms with van der Waals surface area (Å²) < 4.78 is 1.57. The van der Waals surface area contributed by atoms with E-state index in [0.29, 0.717) is 15.4 Å². The Morgan fingerprint density at radius 1 is 1.00 bits per heavy atom. The SMILES string of the molecule is Cn1c(CCl)c(-c2ccccc2)c2cc(Cl)c(Cl)cc2c1=O. The number of benzene rings is 2. The zero-order valence-corrected chi connectivity index (χ0v) is 14.0. The molecule has 0 aliphatic rings. The Balaban J connectivity index is 2.56. The van der Waals surface area contributed by atoms with Crippen molar-refractivity contribution in [3.63, 3.8) is 0 Å². The fraction of sp³-hybridized carbons (Fsp3) is 0.118. The highest BCUT2D eigenvalue weighted by Gasteiger charge is 2.17. The molecule has 0 unspecified atom stereocenters. The van der Waals surface area contributed by atoms with Crippen LogP contribution in [0.5, 0.6) is 0 Å². The van der Waals surface area contributed by atoms with Gasteiger partial charge in [0.15, 0.2) is 0 Å². The van der Waals surface area contributed by atoms with Crippen LogP contribution in [0.3, 0.4) is 0 Å². The predicted molar refractivity (Wildman–Crippen MR) is 94.2 cm³/mol. The third-order valence-electron chi connectivity index (χ3n) is 3.75. The largest absolute Gasteiger partial charge is 0.313 e. The van der Waals surface area contributed by atoms with Gasteiger partial charge in [-0.25, -0.2) is 0 Å². The molecule has 0 atom stereocenters. The summed E-state index contributed by atoms with van der Waals surface area (Å²) in [5.74, 6) is 0.228. The zero-order chi connectivity index (χ0) is 15.9. The average molecular weight is 353 g/mol. The Morgan fingerprint density at radius 2 is 1.59 bits per heavy atom. The second-order valence-corrected chi connectivity index (χ2v) is 6.08. The number of pyridine rings is 1. The molecule has 0 spiro atoms. The molecule has 0 aliphatic carbocycles. The molecule has 3 rings (SSSR count). The highest BCUT2D eigenvalue weighted by molar-refractivity contribution is 6.43. The average Bonchev–Trinajstić information content (AvgIpc) is 2.53. The highest BCUT2D eigenvalue weighted by atomic mass is 35.5. The first-order valence-electron chi connectivity index (χ1n) is 6.66. The maximum Gasteiger partial charge on any atom is 0.258 e. The van der Waals surface area contributed by atoms with Crippen molar-refractivity contribution >= 4 is 45.6 Å². The first-order chi connectivity index (χ1) is 10.5. The lowest BCUT2D eigenvalue weighted by Crippen LogP contribution is -2.21. The lowest BCUT2D eigenvalue weighted by Gasteiger charge is -2.16. The number of aromatic nitrogens is 1. The molecule has 0 aliphatic heterocycles. The lowest BCUT2D eigenvalue weighted by molar-refractivity contribution is 0.824. The van der Waals surface area contributed by atoms with Gasteiger partial charge in [0.05, 0.1) is 15.9 Å². The number of nitrogens with zero attached hydrogens (tertiary/aromatic N) is 1. The molecular weight excluding hydrogens is 341 g/mol. The molecule has 0 bridgehead atoms. The van der Waals surface area contributed by atoms with Crippen LogP contribution in [0.1, 0.15) is 5.69 Å². The molecule has 2 nitrogen and oxygen atoms in total. The molecular formula is C17H12Cl3NO. The summed E-state index contributed by atoms with van der Waals surface area (Å²) in [6.45, 7) is 0. The third-order valence-corrected chi connectivity index (χ3v) is 4.72. The Kier molecular flexibility index (Phi) is 4.18. The van der Waals surface area contributed by atoms with Gasteiger partial charge in [-0.15, -0.1) is 11.6 Å². The van der Waals surface area contributed by atoms with Crippen LogP contribution >= 0.6 is 34.8 Å². The van der Waals surface area contributed by atoms with Crippen LogP contribution in [-0.4, -0.2) is 4.57 Å². The number of alkyl halides is 1. The van der Waals surface area contributed by atoms with Gasteiger partial charge in [-0.2, -0.15) is 0 Å². The minimum Gasteiger partial charge on any atom is -0.313 e. The van der Waals surface area contributed by atoms with Gasteiger partial charge in [-0.1, -0.05) is 53.5 Å². The first kappa shape index (κ1) is 15.4. The Bertz CT molecular complexity index is 917. The van der Waals surface area contributed by atoms with Crippen LogP contribution in [0.4, 0.5) is 0 Å². The van der Waals surface area contributed by atoms with E-state index in [1.165, 1.54) is 0 Å². The number of fused-ring (bicyclic) bond motifs is 1. The summed E-state index contributed by atoms with van der Waals surface area (Å²) in [7, 11) is 1.72. The quantitative estimate of drug-likeness (QED) is 0.577. The maximum atomic E-state index is 12.6. The summed E-state index contributed by atoms with van der Waals surface area (Å²) in [6, 6.07) is 13.2. The van der Waals surface area contributed by atoms with Crippen molar-refractivity contribution in [2.75, 3.05) is 0 Å². The number of rotatable bonds is 2. The van der Waals surface area contributed by atoms with Gasteiger partial charge in [0.25, 0.3) is 5.56 Å². The molecule has 0 N–H and O–H groups in total. The summed E-state index contributed by atoms with van der Waals surface area (Å²) in [5.41, 5.74) is 2.51. The fourth-order valence-electron chi connectivity index (χ4n) is 2.64. The van der Waals surface area contributed by atoms with Gasteiger partial charge in [0.1, 0.15) is 0 Å². The second-order valence-electron chi connectivity index (χ2n) is 5.00. The lowest BCUT2D eigenvalue weighted by atomic mass is 9.97. The van der Waals surface area contributed by atoms with Crippen molar-refractivity contribution < 1.29 is 0 Å². The summed E-state index contributed by atoms with van der Waals surface area (Å²) in [6.07, 6.45) is 0. The predicted octanol–water partition coefficient (Wildman–Crippen LogP) is 5.25. The van der Waals surface area contributed by atoms with E-state index in [1.807, 2.05) is 30.3 Å². The second kappa shape index (κ2) is 5.96. The van der Waals surface area contributed by atoms with Crippen molar-refractivity contribution in [3.8, 4) is 11.1 Å². The van der Waals surface area contributed by atoms with Crippen molar-refractivity contribution in [2.24, 2.45) is 7.05 Å². The van der Waals surface area contributed by atoms with E-state index in [9.17, 15) is 4.79 Å². The van der Waals surface area contributed by atoms with Crippen molar-refractivity contribution in [1.82, 2.24) is 4.57 Å². The molecule has 1 aromatic heterocycles. The van der Waals surface area contributed by atoms with E-state index in [0.717, 1.165) is 22.2 Å². The Morgan fingerprint density at radius 3 is 2.18 bits per heavy atom. The standard InChI is InChI=1S/C17H12Cl3NO/c1-21-15(9-18)16(10-5-3-2-4-6-10)11-7-13(19)14(20)8-12(11)17(21)22/h2-8H,9H2,1H3. The fourth-order valence-corrected chi connectivity index (χ4v) is 3.28.